The molecule has 82 valence electrons. The van der Waals surface area contributed by atoms with E-state index in [1.165, 1.54) is 3.57 Å². The maximum absolute atomic E-state index is 6.01. The molecule has 4 heteroatoms. The van der Waals surface area contributed by atoms with Crippen LogP contribution in [0.25, 0.3) is 0 Å². The third-order valence-electron chi connectivity index (χ3n) is 2.57. The average molecular weight is 318 g/mol. The quantitative estimate of drug-likeness (QED) is 0.637. The molecule has 1 atom stereocenters. The van der Waals surface area contributed by atoms with Gasteiger partial charge in [0.1, 0.15) is 0 Å². The molecule has 1 aliphatic heterocycles. The number of rotatable bonds is 1. The summed E-state index contributed by atoms with van der Waals surface area (Å²) >= 11 is 2.27. The van der Waals surface area contributed by atoms with Gasteiger partial charge in [-0.2, -0.15) is 0 Å². The first-order chi connectivity index (χ1) is 7.16. The zero-order chi connectivity index (χ0) is 10.8. The molecule has 1 saturated heterocycles. The molecule has 2 rings (SSSR count). The maximum Gasteiger partial charge on any atom is 0.0722 e. The van der Waals surface area contributed by atoms with Gasteiger partial charge in [0.15, 0.2) is 0 Å². The van der Waals surface area contributed by atoms with Gasteiger partial charge >= 0.3 is 0 Å². The number of ether oxygens (including phenoxy) is 1. The summed E-state index contributed by atoms with van der Waals surface area (Å²) in [6.45, 7) is 4.72. The van der Waals surface area contributed by atoms with Gasteiger partial charge in [-0.3, -0.25) is 0 Å². The summed E-state index contributed by atoms with van der Waals surface area (Å²) in [7, 11) is 0. The molecule has 0 amide bonds. The van der Waals surface area contributed by atoms with Crippen LogP contribution >= 0.6 is 22.6 Å². The number of hydrogen-bond donors (Lipinski definition) is 1. The minimum Gasteiger partial charge on any atom is -0.397 e. The molecule has 0 radical (unpaired) electrons. The van der Waals surface area contributed by atoms with Crippen molar-refractivity contribution >= 4 is 34.0 Å². The molecule has 1 aromatic carbocycles. The molecule has 15 heavy (non-hydrogen) atoms. The third-order valence-corrected chi connectivity index (χ3v) is 3.24. The Balaban J connectivity index is 2.21. The molecule has 0 aromatic heterocycles. The van der Waals surface area contributed by atoms with Gasteiger partial charge in [-0.15, -0.1) is 0 Å². The molecule has 1 fully saturated rings. The van der Waals surface area contributed by atoms with E-state index in [-0.39, 0.29) is 6.10 Å². The van der Waals surface area contributed by atoms with Crippen molar-refractivity contribution < 1.29 is 4.74 Å². The van der Waals surface area contributed by atoms with E-state index >= 15 is 0 Å². The number of morpholine rings is 1. The molecular formula is C11H15IN2O. The highest BCUT2D eigenvalue weighted by Gasteiger charge is 2.18. The molecule has 0 spiro atoms. The second kappa shape index (κ2) is 4.57. The predicted octanol–water partition coefficient (Wildman–Crippen LogP) is 2.10. The lowest BCUT2D eigenvalue weighted by atomic mass is 10.2. The van der Waals surface area contributed by atoms with Crippen LogP contribution in [0.3, 0.4) is 0 Å². The van der Waals surface area contributed by atoms with Crippen LogP contribution in [-0.2, 0) is 4.74 Å². The van der Waals surface area contributed by atoms with Crippen LogP contribution in [0.5, 0.6) is 0 Å². The lowest BCUT2D eigenvalue weighted by Crippen LogP contribution is -2.41. The van der Waals surface area contributed by atoms with Crippen molar-refractivity contribution in [3.63, 3.8) is 0 Å². The summed E-state index contributed by atoms with van der Waals surface area (Å²) in [6.07, 6.45) is 0.289. The Morgan fingerprint density at radius 1 is 1.53 bits per heavy atom. The van der Waals surface area contributed by atoms with Crippen molar-refractivity contribution in [2.75, 3.05) is 30.3 Å². The van der Waals surface area contributed by atoms with Gasteiger partial charge in [0.05, 0.1) is 24.1 Å². The van der Waals surface area contributed by atoms with E-state index in [0.717, 1.165) is 31.1 Å². The molecule has 0 aliphatic carbocycles. The van der Waals surface area contributed by atoms with Gasteiger partial charge in [-0.25, -0.2) is 0 Å². The minimum atomic E-state index is 0.289. The minimum absolute atomic E-state index is 0.289. The van der Waals surface area contributed by atoms with Crippen LogP contribution in [0.15, 0.2) is 18.2 Å². The normalized spacial score (nSPS) is 21.7. The summed E-state index contributed by atoms with van der Waals surface area (Å²) < 4.78 is 6.69. The van der Waals surface area contributed by atoms with E-state index in [1.54, 1.807) is 0 Å². The maximum atomic E-state index is 6.01. The summed E-state index contributed by atoms with van der Waals surface area (Å²) in [5.41, 5.74) is 8.00. The van der Waals surface area contributed by atoms with E-state index in [1.807, 2.05) is 6.07 Å². The van der Waals surface area contributed by atoms with Gasteiger partial charge in [0.25, 0.3) is 0 Å². The topological polar surface area (TPSA) is 38.5 Å². The molecule has 1 aliphatic rings. The van der Waals surface area contributed by atoms with E-state index in [0.29, 0.717) is 0 Å². The van der Waals surface area contributed by atoms with Crippen molar-refractivity contribution in [3.8, 4) is 0 Å². The molecule has 0 saturated carbocycles. The summed E-state index contributed by atoms with van der Waals surface area (Å²) in [6, 6.07) is 6.19. The molecular weight excluding hydrogens is 303 g/mol. The van der Waals surface area contributed by atoms with Crippen LogP contribution in [0, 0.1) is 3.57 Å². The van der Waals surface area contributed by atoms with Crippen molar-refractivity contribution in [1.82, 2.24) is 0 Å². The lowest BCUT2D eigenvalue weighted by molar-refractivity contribution is 0.0533. The molecule has 1 aromatic rings. The highest BCUT2D eigenvalue weighted by molar-refractivity contribution is 14.1. The number of nitrogen functional groups attached to an aromatic ring is 1. The monoisotopic (exact) mass is 318 g/mol. The number of hydrogen-bond acceptors (Lipinski definition) is 3. The highest BCUT2D eigenvalue weighted by Crippen LogP contribution is 2.26. The number of halogens is 1. The number of nitrogens with zero attached hydrogens (tertiary/aromatic N) is 1. The van der Waals surface area contributed by atoms with E-state index in [9.17, 15) is 0 Å². The first kappa shape index (κ1) is 11.0. The van der Waals surface area contributed by atoms with E-state index in [2.05, 4.69) is 46.5 Å². The fraction of sp³-hybridized carbons (Fsp3) is 0.455. The number of anilines is 2. The Morgan fingerprint density at radius 2 is 2.33 bits per heavy atom. The molecule has 1 unspecified atom stereocenters. The fourth-order valence-corrected chi connectivity index (χ4v) is 2.37. The highest BCUT2D eigenvalue weighted by atomic mass is 127. The van der Waals surface area contributed by atoms with Crippen molar-refractivity contribution in [2.24, 2.45) is 0 Å². The van der Waals surface area contributed by atoms with Gasteiger partial charge in [-0.1, -0.05) is 0 Å². The molecule has 0 bridgehead atoms. The fourth-order valence-electron chi connectivity index (χ4n) is 1.85. The first-order valence-corrected chi connectivity index (χ1v) is 6.16. The van der Waals surface area contributed by atoms with E-state index < -0.39 is 0 Å². The first-order valence-electron chi connectivity index (χ1n) is 5.08. The number of nitrogens with two attached hydrogens (primary N) is 1. The smallest absolute Gasteiger partial charge is 0.0722 e. The summed E-state index contributed by atoms with van der Waals surface area (Å²) in [5.74, 6) is 0. The third kappa shape index (κ3) is 2.55. The van der Waals surface area contributed by atoms with Crippen molar-refractivity contribution in [2.45, 2.75) is 13.0 Å². The molecule has 1 heterocycles. The zero-order valence-corrected chi connectivity index (χ0v) is 10.9. The van der Waals surface area contributed by atoms with Gasteiger partial charge < -0.3 is 15.4 Å². The van der Waals surface area contributed by atoms with Crippen LogP contribution in [0.2, 0.25) is 0 Å². The number of benzene rings is 1. The Hall–Kier alpha value is -0.490. The predicted molar refractivity (Wildman–Crippen MR) is 71.2 cm³/mol. The SMILES string of the molecule is CC1CN(c2ccc(I)cc2N)CCO1. The molecule has 2 N–H and O–H groups in total. The Morgan fingerprint density at radius 3 is 3.00 bits per heavy atom. The standard InChI is InChI=1S/C11H15IN2O/c1-8-7-14(4-5-15-8)11-3-2-9(12)6-10(11)13/h2-3,6,8H,4-5,7,13H2,1H3. The Labute approximate surface area is 104 Å². The Bertz CT molecular complexity index is 356. The van der Waals surface area contributed by atoms with Gasteiger partial charge in [0.2, 0.25) is 0 Å². The van der Waals surface area contributed by atoms with Crippen molar-refractivity contribution in [1.29, 1.82) is 0 Å². The van der Waals surface area contributed by atoms with Gasteiger partial charge in [0, 0.05) is 16.7 Å². The van der Waals surface area contributed by atoms with Crippen LogP contribution in [0.4, 0.5) is 11.4 Å². The van der Waals surface area contributed by atoms with Crippen LogP contribution in [-0.4, -0.2) is 25.8 Å². The van der Waals surface area contributed by atoms with Crippen molar-refractivity contribution in [3.05, 3.63) is 21.8 Å². The summed E-state index contributed by atoms with van der Waals surface area (Å²) in [5, 5.41) is 0. The zero-order valence-electron chi connectivity index (χ0n) is 8.74. The van der Waals surface area contributed by atoms with Crippen LogP contribution in [0.1, 0.15) is 6.92 Å². The lowest BCUT2D eigenvalue weighted by Gasteiger charge is -2.33. The largest absolute Gasteiger partial charge is 0.397 e. The molecule has 3 nitrogen and oxygen atoms in total. The van der Waals surface area contributed by atoms with Gasteiger partial charge in [-0.05, 0) is 47.7 Å². The average Bonchev–Trinajstić information content (AvgIpc) is 2.17. The Kier molecular flexibility index (Phi) is 3.35. The van der Waals surface area contributed by atoms with E-state index in [4.69, 9.17) is 10.5 Å². The second-order valence-corrected chi connectivity index (χ2v) is 5.08. The van der Waals surface area contributed by atoms with Crippen LogP contribution < -0.4 is 10.6 Å². The summed E-state index contributed by atoms with van der Waals surface area (Å²) in [4.78, 5) is 2.29. The second-order valence-electron chi connectivity index (χ2n) is 3.83.